The topological polar surface area (TPSA) is 21.7 Å². The molecular weight excluding hydrogens is 274 g/mol. The maximum Gasteiger partial charge on any atom is 0.122 e. The molecule has 1 fully saturated rings. The zero-order valence-corrected chi connectivity index (χ0v) is 12.7. The minimum absolute atomic E-state index is 0.163. The van der Waals surface area contributed by atoms with Gasteiger partial charge in [0, 0.05) is 31.4 Å². The number of para-hydroxylation sites is 1. The number of morpholine rings is 1. The summed E-state index contributed by atoms with van der Waals surface area (Å²) in [7, 11) is 0. The summed E-state index contributed by atoms with van der Waals surface area (Å²) in [4.78, 5) is 2.49. The van der Waals surface area contributed by atoms with Crippen molar-refractivity contribution in [3.8, 4) is 5.75 Å². The average Bonchev–Trinajstić information content (AvgIpc) is 2.47. The standard InChI is InChI=1S/C16H22ClNO2/c1-12-9-18(11-14(8-17)20-12)10-13-6-7-19-16-5-3-2-4-15(13)16/h2-5,12-14H,6-11H2,1H3. The highest BCUT2D eigenvalue weighted by Gasteiger charge is 2.29. The van der Waals surface area contributed by atoms with E-state index in [9.17, 15) is 0 Å². The SMILES string of the molecule is CC1CN(CC2CCOc3ccccc32)CC(CCl)O1. The number of hydrogen-bond donors (Lipinski definition) is 0. The minimum atomic E-state index is 0.163. The molecule has 110 valence electrons. The lowest BCUT2D eigenvalue weighted by Crippen LogP contribution is -2.48. The van der Waals surface area contributed by atoms with Crippen LogP contribution >= 0.6 is 11.6 Å². The van der Waals surface area contributed by atoms with Crippen LogP contribution in [0.2, 0.25) is 0 Å². The predicted octanol–water partition coefficient (Wildman–Crippen LogP) is 2.88. The molecule has 2 aliphatic heterocycles. The number of alkyl halides is 1. The smallest absolute Gasteiger partial charge is 0.122 e. The molecule has 0 spiro atoms. The molecule has 4 heteroatoms. The minimum Gasteiger partial charge on any atom is -0.493 e. The summed E-state index contributed by atoms with van der Waals surface area (Å²) in [5.41, 5.74) is 1.35. The molecule has 0 aliphatic carbocycles. The van der Waals surface area contributed by atoms with E-state index in [0.29, 0.717) is 11.8 Å². The third-order valence-corrected chi connectivity index (χ3v) is 4.48. The Bertz CT molecular complexity index is 454. The molecule has 0 N–H and O–H groups in total. The molecule has 1 saturated heterocycles. The molecule has 0 bridgehead atoms. The summed E-state index contributed by atoms with van der Waals surface area (Å²) in [5, 5.41) is 0. The van der Waals surface area contributed by atoms with Gasteiger partial charge in [0.15, 0.2) is 0 Å². The lowest BCUT2D eigenvalue weighted by atomic mass is 9.92. The van der Waals surface area contributed by atoms with Gasteiger partial charge in [-0.05, 0) is 25.0 Å². The van der Waals surface area contributed by atoms with Crippen LogP contribution in [-0.4, -0.2) is 49.2 Å². The van der Waals surface area contributed by atoms with Gasteiger partial charge in [0.2, 0.25) is 0 Å². The van der Waals surface area contributed by atoms with Crippen LogP contribution in [0.15, 0.2) is 24.3 Å². The van der Waals surface area contributed by atoms with Gasteiger partial charge in [-0.1, -0.05) is 18.2 Å². The molecule has 0 amide bonds. The maximum absolute atomic E-state index is 5.96. The molecule has 0 saturated carbocycles. The van der Waals surface area contributed by atoms with Gasteiger partial charge in [-0.25, -0.2) is 0 Å². The van der Waals surface area contributed by atoms with E-state index < -0.39 is 0 Å². The fourth-order valence-electron chi connectivity index (χ4n) is 3.29. The summed E-state index contributed by atoms with van der Waals surface area (Å²) < 4.78 is 11.6. The first-order valence-electron chi connectivity index (χ1n) is 7.41. The van der Waals surface area contributed by atoms with Crippen LogP contribution < -0.4 is 4.74 Å². The molecule has 3 atom stereocenters. The summed E-state index contributed by atoms with van der Waals surface area (Å²) in [6, 6.07) is 8.42. The zero-order chi connectivity index (χ0) is 13.9. The van der Waals surface area contributed by atoms with E-state index in [1.54, 1.807) is 0 Å². The first-order valence-corrected chi connectivity index (χ1v) is 7.95. The largest absolute Gasteiger partial charge is 0.493 e. The van der Waals surface area contributed by atoms with Crippen LogP contribution in [0.3, 0.4) is 0 Å². The predicted molar refractivity (Wildman–Crippen MR) is 80.8 cm³/mol. The number of fused-ring (bicyclic) bond motifs is 1. The fourth-order valence-corrected chi connectivity index (χ4v) is 3.46. The Labute approximate surface area is 125 Å². The molecular formula is C16H22ClNO2. The first kappa shape index (κ1) is 14.2. The van der Waals surface area contributed by atoms with E-state index in [1.165, 1.54) is 5.56 Å². The Hall–Kier alpha value is -0.770. The lowest BCUT2D eigenvalue weighted by Gasteiger charge is -2.38. The van der Waals surface area contributed by atoms with Crippen LogP contribution in [-0.2, 0) is 4.74 Å². The van der Waals surface area contributed by atoms with E-state index in [2.05, 4.69) is 30.0 Å². The Morgan fingerprint density at radius 2 is 2.15 bits per heavy atom. The van der Waals surface area contributed by atoms with Crippen molar-refractivity contribution in [1.82, 2.24) is 4.90 Å². The molecule has 3 rings (SSSR count). The van der Waals surface area contributed by atoms with Gasteiger partial charge in [-0.15, -0.1) is 11.6 Å². The molecule has 3 unspecified atom stereocenters. The molecule has 2 heterocycles. The van der Waals surface area contributed by atoms with Gasteiger partial charge in [0.05, 0.1) is 18.8 Å². The van der Waals surface area contributed by atoms with Gasteiger partial charge < -0.3 is 9.47 Å². The normalized spacial score (nSPS) is 30.6. The van der Waals surface area contributed by atoms with Crippen LogP contribution in [0.1, 0.15) is 24.8 Å². The van der Waals surface area contributed by atoms with Crippen molar-refractivity contribution >= 4 is 11.6 Å². The van der Waals surface area contributed by atoms with Gasteiger partial charge >= 0.3 is 0 Å². The highest BCUT2D eigenvalue weighted by molar-refractivity contribution is 6.18. The Balaban J connectivity index is 1.69. The van der Waals surface area contributed by atoms with Crippen molar-refractivity contribution in [2.75, 3.05) is 32.1 Å². The van der Waals surface area contributed by atoms with Gasteiger partial charge in [-0.2, -0.15) is 0 Å². The van der Waals surface area contributed by atoms with Crippen molar-refractivity contribution < 1.29 is 9.47 Å². The molecule has 1 aromatic carbocycles. The summed E-state index contributed by atoms with van der Waals surface area (Å²) in [6.07, 6.45) is 1.52. The van der Waals surface area contributed by atoms with Crippen LogP contribution in [0, 0.1) is 0 Å². The van der Waals surface area contributed by atoms with Crippen molar-refractivity contribution in [3.05, 3.63) is 29.8 Å². The van der Waals surface area contributed by atoms with E-state index in [1.807, 2.05) is 6.07 Å². The number of nitrogens with zero attached hydrogens (tertiary/aromatic N) is 1. The third-order valence-electron chi connectivity index (χ3n) is 4.14. The zero-order valence-electron chi connectivity index (χ0n) is 11.9. The molecule has 3 nitrogen and oxygen atoms in total. The molecule has 0 radical (unpaired) electrons. The van der Waals surface area contributed by atoms with Crippen molar-refractivity contribution in [1.29, 1.82) is 0 Å². The highest BCUT2D eigenvalue weighted by atomic mass is 35.5. The second kappa shape index (κ2) is 6.33. The van der Waals surface area contributed by atoms with Crippen LogP contribution in [0.25, 0.3) is 0 Å². The van der Waals surface area contributed by atoms with Crippen LogP contribution in [0.4, 0.5) is 0 Å². The monoisotopic (exact) mass is 295 g/mol. The molecule has 20 heavy (non-hydrogen) atoms. The summed E-state index contributed by atoms with van der Waals surface area (Å²) in [5.74, 6) is 2.19. The van der Waals surface area contributed by atoms with Crippen molar-refractivity contribution in [2.24, 2.45) is 0 Å². The third kappa shape index (κ3) is 3.11. The molecule has 2 aliphatic rings. The second-order valence-corrected chi connectivity index (χ2v) is 6.12. The molecule has 1 aromatic rings. The summed E-state index contributed by atoms with van der Waals surface area (Å²) in [6.45, 7) is 5.95. The first-order chi connectivity index (χ1) is 9.76. The number of ether oxygens (including phenoxy) is 2. The Morgan fingerprint density at radius 1 is 1.30 bits per heavy atom. The maximum atomic E-state index is 5.96. The Morgan fingerprint density at radius 3 is 3.00 bits per heavy atom. The van der Waals surface area contributed by atoms with E-state index in [4.69, 9.17) is 21.1 Å². The number of rotatable bonds is 3. The van der Waals surface area contributed by atoms with Gasteiger partial charge in [-0.3, -0.25) is 4.90 Å². The van der Waals surface area contributed by atoms with Gasteiger partial charge in [0.1, 0.15) is 5.75 Å². The lowest BCUT2D eigenvalue weighted by molar-refractivity contribution is -0.0683. The fraction of sp³-hybridized carbons (Fsp3) is 0.625. The number of halogens is 1. The van der Waals surface area contributed by atoms with E-state index in [-0.39, 0.29) is 12.2 Å². The van der Waals surface area contributed by atoms with Gasteiger partial charge in [0.25, 0.3) is 0 Å². The molecule has 0 aromatic heterocycles. The van der Waals surface area contributed by atoms with Crippen molar-refractivity contribution in [3.63, 3.8) is 0 Å². The quantitative estimate of drug-likeness (QED) is 0.801. The highest BCUT2D eigenvalue weighted by Crippen LogP contribution is 2.34. The average molecular weight is 296 g/mol. The number of benzene rings is 1. The van der Waals surface area contributed by atoms with Crippen LogP contribution in [0.5, 0.6) is 5.75 Å². The van der Waals surface area contributed by atoms with E-state index in [0.717, 1.165) is 38.4 Å². The Kier molecular flexibility index (Phi) is 4.49. The second-order valence-electron chi connectivity index (χ2n) is 5.81. The number of hydrogen-bond acceptors (Lipinski definition) is 3. The summed E-state index contributed by atoms with van der Waals surface area (Å²) >= 11 is 5.96. The van der Waals surface area contributed by atoms with Crippen molar-refractivity contribution in [2.45, 2.75) is 31.5 Å². The van der Waals surface area contributed by atoms with E-state index >= 15 is 0 Å².